The van der Waals surface area contributed by atoms with Crippen LogP contribution in [0.5, 0.6) is 0 Å². The van der Waals surface area contributed by atoms with Gasteiger partial charge >= 0.3 is 0 Å². The van der Waals surface area contributed by atoms with Crippen LogP contribution >= 0.6 is 0 Å². The zero-order chi connectivity index (χ0) is 13.0. The number of hydrogen-bond donors (Lipinski definition) is 0. The lowest BCUT2D eigenvalue weighted by atomic mass is 9.81. The number of ether oxygens (including phenoxy) is 2. The van der Waals surface area contributed by atoms with Gasteiger partial charge in [0.15, 0.2) is 0 Å². The summed E-state index contributed by atoms with van der Waals surface area (Å²) in [5, 5.41) is 8.93. The molecule has 0 radical (unpaired) electrons. The molecule has 0 aromatic carbocycles. The van der Waals surface area contributed by atoms with Gasteiger partial charge in [-0.05, 0) is 51.9 Å². The monoisotopic (exact) mass is 251 g/mol. The molecule has 3 heteroatoms. The average Bonchev–Trinajstić information content (AvgIpc) is 2.60. The number of nitrogens with zero attached hydrogens (tertiary/aromatic N) is 1. The van der Waals surface area contributed by atoms with Crippen LogP contribution in [-0.4, -0.2) is 24.4 Å². The van der Waals surface area contributed by atoms with Crippen LogP contribution in [0.4, 0.5) is 0 Å². The topological polar surface area (TPSA) is 42.2 Å². The maximum absolute atomic E-state index is 8.93. The van der Waals surface area contributed by atoms with Crippen molar-refractivity contribution in [1.29, 1.82) is 5.26 Å². The summed E-state index contributed by atoms with van der Waals surface area (Å²) in [4.78, 5) is 0. The molecule has 0 N–H and O–H groups in total. The maximum atomic E-state index is 8.93. The smallest absolute Gasteiger partial charge is 0.0944 e. The van der Waals surface area contributed by atoms with Gasteiger partial charge in [-0.25, -0.2) is 0 Å². The maximum Gasteiger partial charge on any atom is 0.0944 e. The lowest BCUT2D eigenvalue weighted by Gasteiger charge is -2.46. The van der Waals surface area contributed by atoms with Gasteiger partial charge < -0.3 is 9.47 Å². The average molecular weight is 251 g/mol. The summed E-state index contributed by atoms with van der Waals surface area (Å²) in [6.07, 6.45) is 8.02. The van der Waals surface area contributed by atoms with Crippen molar-refractivity contribution in [2.75, 3.05) is 6.61 Å². The van der Waals surface area contributed by atoms with Crippen LogP contribution in [0.15, 0.2) is 0 Å². The molecule has 2 aliphatic rings. The molecule has 0 aromatic rings. The first-order valence-electron chi connectivity index (χ1n) is 7.39. The van der Waals surface area contributed by atoms with Gasteiger partial charge in [0, 0.05) is 12.5 Å². The first kappa shape index (κ1) is 13.8. The highest BCUT2D eigenvalue weighted by Crippen LogP contribution is 2.40. The number of hydrogen-bond acceptors (Lipinski definition) is 3. The number of nitriles is 1. The van der Waals surface area contributed by atoms with E-state index in [1.165, 1.54) is 6.42 Å². The zero-order valence-corrected chi connectivity index (χ0v) is 11.7. The summed E-state index contributed by atoms with van der Waals surface area (Å²) >= 11 is 0. The van der Waals surface area contributed by atoms with Gasteiger partial charge in [-0.2, -0.15) is 5.26 Å². The SMILES string of the molecule is CC[C@@]12CCCCO[C@H]1CC[C@H](C[C@@H](C)C#N)O2. The molecule has 2 rings (SSSR count). The summed E-state index contributed by atoms with van der Waals surface area (Å²) < 4.78 is 12.4. The summed E-state index contributed by atoms with van der Waals surface area (Å²) in [6, 6.07) is 2.32. The molecule has 4 atom stereocenters. The molecule has 2 saturated heterocycles. The predicted molar refractivity (Wildman–Crippen MR) is 70.1 cm³/mol. The Hall–Kier alpha value is -0.590. The minimum atomic E-state index is -0.0748. The summed E-state index contributed by atoms with van der Waals surface area (Å²) in [6.45, 7) is 5.07. The summed E-state index contributed by atoms with van der Waals surface area (Å²) in [5.41, 5.74) is -0.0748. The van der Waals surface area contributed by atoms with E-state index in [0.717, 1.165) is 45.1 Å². The Balaban J connectivity index is 2.04. The van der Waals surface area contributed by atoms with E-state index in [2.05, 4.69) is 13.0 Å². The van der Waals surface area contributed by atoms with Crippen molar-refractivity contribution in [1.82, 2.24) is 0 Å². The van der Waals surface area contributed by atoms with Gasteiger partial charge in [-0.3, -0.25) is 0 Å². The normalized spacial score (nSPS) is 38.3. The molecule has 0 aromatic heterocycles. The van der Waals surface area contributed by atoms with Crippen LogP contribution in [0.3, 0.4) is 0 Å². The molecular weight excluding hydrogens is 226 g/mol. The third kappa shape index (κ3) is 2.87. The summed E-state index contributed by atoms with van der Waals surface area (Å²) in [7, 11) is 0. The highest BCUT2D eigenvalue weighted by molar-refractivity contribution is 4.96. The predicted octanol–water partition coefficient (Wildman–Crippen LogP) is 3.43. The van der Waals surface area contributed by atoms with E-state index in [0.29, 0.717) is 0 Å². The van der Waals surface area contributed by atoms with Gasteiger partial charge in [0.05, 0.1) is 23.9 Å². The van der Waals surface area contributed by atoms with Crippen LogP contribution in [0, 0.1) is 17.2 Å². The Labute approximate surface area is 110 Å². The van der Waals surface area contributed by atoms with Crippen LogP contribution in [0.2, 0.25) is 0 Å². The Kier molecular flexibility index (Phi) is 4.64. The van der Waals surface area contributed by atoms with E-state index >= 15 is 0 Å². The van der Waals surface area contributed by atoms with Crippen LogP contribution in [0.1, 0.15) is 58.8 Å². The van der Waals surface area contributed by atoms with Crippen molar-refractivity contribution < 1.29 is 9.47 Å². The molecule has 2 fully saturated rings. The molecule has 0 unspecified atom stereocenters. The van der Waals surface area contributed by atoms with E-state index in [1.54, 1.807) is 0 Å². The number of rotatable bonds is 3. The van der Waals surface area contributed by atoms with E-state index in [4.69, 9.17) is 14.7 Å². The molecule has 102 valence electrons. The van der Waals surface area contributed by atoms with Crippen LogP contribution in [0.25, 0.3) is 0 Å². The molecule has 0 aliphatic carbocycles. The molecule has 2 heterocycles. The van der Waals surface area contributed by atoms with Crippen molar-refractivity contribution in [3.05, 3.63) is 0 Å². The molecule has 2 aliphatic heterocycles. The van der Waals surface area contributed by atoms with Crippen molar-refractivity contribution >= 4 is 0 Å². The van der Waals surface area contributed by atoms with Gasteiger partial charge in [-0.1, -0.05) is 6.92 Å². The second-order valence-corrected chi connectivity index (χ2v) is 5.82. The first-order chi connectivity index (χ1) is 8.70. The minimum absolute atomic E-state index is 0.0748. The molecule has 0 amide bonds. The first-order valence-corrected chi connectivity index (χ1v) is 7.39. The number of fused-ring (bicyclic) bond motifs is 1. The Morgan fingerprint density at radius 1 is 1.39 bits per heavy atom. The Morgan fingerprint density at radius 2 is 2.22 bits per heavy atom. The van der Waals surface area contributed by atoms with Crippen molar-refractivity contribution in [2.24, 2.45) is 5.92 Å². The molecule has 0 spiro atoms. The zero-order valence-electron chi connectivity index (χ0n) is 11.7. The van der Waals surface area contributed by atoms with Gasteiger partial charge in [0.25, 0.3) is 0 Å². The molecule has 18 heavy (non-hydrogen) atoms. The van der Waals surface area contributed by atoms with Gasteiger partial charge in [-0.15, -0.1) is 0 Å². The molecular formula is C15H25NO2. The fraction of sp³-hybridized carbons (Fsp3) is 0.933. The summed E-state index contributed by atoms with van der Waals surface area (Å²) in [5.74, 6) is 0.0900. The third-order valence-corrected chi connectivity index (χ3v) is 4.49. The largest absolute Gasteiger partial charge is 0.375 e. The van der Waals surface area contributed by atoms with Crippen LogP contribution in [-0.2, 0) is 9.47 Å². The fourth-order valence-corrected chi connectivity index (χ4v) is 3.37. The minimum Gasteiger partial charge on any atom is -0.375 e. The second kappa shape index (κ2) is 6.04. The Morgan fingerprint density at radius 3 is 2.94 bits per heavy atom. The fourth-order valence-electron chi connectivity index (χ4n) is 3.37. The third-order valence-electron chi connectivity index (χ3n) is 4.49. The Bertz CT molecular complexity index is 312. The second-order valence-electron chi connectivity index (χ2n) is 5.82. The van der Waals surface area contributed by atoms with Crippen LogP contribution < -0.4 is 0 Å². The lowest BCUT2D eigenvalue weighted by Crippen LogP contribution is -2.51. The van der Waals surface area contributed by atoms with E-state index in [-0.39, 0.29) is 23.7 Å². The highest BCUT2D eigenvalue weighted by Gasteiger charge is 2.45. The van der Waals surface area contributed by atoms with Crippen molar-refractivity contribution in [3.63, 3.8) is 0 Å². The van der Waals surface area contributed by atoms with E-state index in [1.807, 2.05) is 6.92 Å². The highest BCUT2D eigenvalue weighted by atomic mass is 16.6. The van der Waals surface area contributed by atoms with E-state index in [9.17, 15) is 0 Å². The molecule has 0 bridgehead atoms. The van der Waals surface area contributed by atoms with Crippen molar-refractivity contribution in [3.8, 4) is 6.07 Å². The van der Waals surface area contributed by atoms with E-state index < -0.39 is 0 Å². The lowest BCUT2D eigenvalue weighted by molar-refractivity contribution is -0.205. The van der Waals surface area contributed by atoms with Gasteiger partial charge in [0.1, 0.15) is 0 Å². The standard InChI is InChI=1S/C15H25NO2/c1-3-15-8-4-5-9-17-14(15)7-6-13(18-15)10-12(2)11-16/h12-14H,3-10H2,1-2H3/t12-,13-,14+,15-/m1/s1. The quantitative estimate of drug-likeness (QED) is 0.771. The molecule has 0 saturated carbocycles. The molecule has 3 nitrogen and oxygen atoms in total. The van der Waals surface area contributed by atoms with Crippen molar-refractivity contribution in [2.45, 2.75) is 76.6 Å². The van der Waals surface area contributed by atoms with Gasteiger partial charge in [0.2, 0.25) is 0 Å².